The molecule has 4 heteroatoms. The molecular formula is C13H21NO3. The van der Waals surface area contributed by atoms with E-state index in [2.05, 4.69) is 26.1 Å². The SMILES string of the molecule is CCC(NCc1cc(C(=O)O)oc1C)C(C)C. The van der Waals surface area contributed by atoms with E-state index in [1.165, 1.54) is 0 Å². The Morgan fingerprint density at radius 3 is 2.59 bits per heavy atom. The number of hydrogen-bond acceptors (Lipinski definition) is 3. The number of nitrogens with one attached hydrogen (secondary N) is 1. The van der Waals surface area contributed by atoms with Crippen LogP contribution in [0.5, 0.6) is 0 Å². The topological polar surface area (TPSA) is 62.5 Å². The van der Waals surface area contributed by atoms with Crippen molar-refractivity contribution in [3.8, 4) is 0 Å². The second kappa shape index (κ2) is 5.87. The van der Waals surface area contributed by atoms with Gasteiger partial charge in [-0.3, -0.25) is 0 Å². The molecule has 96 valence electrons. The first-order chi connectivity index (χ1) is 7.95. The molecule has 0 bridgehead atoms. The first-order valence-electron chi connectivity index (χ1n) is 6.01. The molecule has 17 heavy (non-hydrogen) atoms. The van der Waals surface area contributed by atoms with Crippen LogP contribution in [0.2, 0.25) is 0 Å². The molecule has 0 saturated carbocycles. The molecule has 1 rings (SSSR count). The van der Waals surface area contributed by atoms with E-state index in [1.807, 2.05) is 0 Å². The minimum absolute atomic E-state index is 0.0110. The van der Waals surface area contributed by atoms with Crippen LogP contribution >= 0.6 is 0 Å². The lowest BCUT2D eigenvalue weighted by molar-refractivity contribution is 0.0661. The highest BCUT2D eigenvalue weighted by Gasteiger charge is 2.15. The number of carboxylic acid groups (broad SMARTS) is 1. The predicted molar refractivity (Wildman–Crippen MR) is 66.2 cm³/mol. The molecular weight excluding hydrogens is 218 g/mol. The van der Waals surface area contributed by atoms with Crippen LogP contribution in [0.15, 0.2) is 10.5 Å². The van der Waals surface area contributed by atoms with Gasteiger partial charge >= 0.3 is 5.97 Å². The molecule has 2 N–H and O–H groups in total. The Kier molecular flexibility index (Phi) is 4.75. The summed E-state index contributed by atoms with van der Waals surface area (Å²) in [6.07, 6.45) is 1.06. The minimum Gasteiger partial charge on any atom is -0.475 e. The molecule has 0 fully saturated rings. The highest BCUT2D eigenvalue weighted by molar-refractivity contribution is 5.84. The number of rotatable bonds is 6. The summed E-state index contributed by atoms with van der Waals surface area (Å²) in [7, 11) is 0. The monoisotopic (exact) mass is 239 g/mol. The van der Waals surface area contributed by atoms with Crippen molar-refractivity contribution < 1.29 is 14.3 Å². The Bertz CT molecular complexity index is 382. The van der Waals surface area contributed by atoms with Gasteiger partial charge in [-0.2, -0.15) is 0 Å². The van der Waals surface area contributed by atoms with E-state index in [4.69, 9.17) is 9.52 Å². The standard InChI is InChI=1S/C13H21NO3/c1-5-11(8(2)3)14-7-10-6-12(13(15)16)17-9(10)4/h6,8,11,14H,5,7H2,1-4H3,(H,15,16). The minimum atomic E-state index is -1.02. The Balaban J connectivity index is 2.65. The number of furan rings is 1. The van der Waals surface area contributed by atoms with Gasteiger partial charge in [-0.1, -0.05) is 20.8 Å². The normalized spacial score (nSPS) is 13.0. The number of aryl methyl sites for hydroxylation is 1. The molecule has 4 nitrogen and oxygen atoms in total. The fourth-order valence-electron chi connectivity index (χ4n) is 1.89. The van der Waals surface area contributed by atoms with Crippen LogP contribution < -0.4 is 5.32 Å². The van der Waals surface area contributed by atoms with Crippen LogP contribution in [0.25, 0.3) is 0 Å². The molecule has 0 spiro atoms. The lowest BCUT2D eigenvalue weighted by Gasteiger charge is -2.20. The van der Waals surface area contributed by atoms with Gasteiger partial charge in [0, 0.05) is 18.2 Å². The van der Waals surface area contributed by atoms with Gasteiger partial charge in [-0.15, -0.1) is 0 Å². The number of carbonyl (C=O) groups is 1. The molecule has 1 heterocycles. The third kappa shape index (κ3) is 3.60. The zero-order valence-corrected chi connectivity index (χ0v) is 10.9. The maximum Gasteiger partial charge on any atom is 0.371 e. The molecule has 0 saturated heterocycles. The van der Waals surface area contributed by atoms with E-state index in [9.17, 15) is 4.79 Å². The van der Waals surface area contributed by atoms with Crippen LogP contribution in [0.3, 0.4) is 0 Å². The van der Waals surface area contributed by atoms with Crippen LogP contribution in [0.4, 0.5) is 0 Å². The van der Waals surface area contributed by atoms with Crippen LogP contribution in [0, 0.1) is 12.8 Å². The van der Waals surface area contributed by atoms with Crippen LogP contribution in [-0.2, 0) is 6.54 Å². The third-order valence-electron chi connectivity index (χ3n) is 3.03. The molecule has 0 aliphatic rings. The van der Waals surface area contributed by atoms with Gasteiger partial charge in [0.1, 0.15) is 5.76 Å². The molecule has 0 aliphatic carbocycles. The third-order valence-corrected chi connectivity index (χ3v) is 3.03. The Morgan fingerprint density at radius 1 is 1.53 bits per heavy atom. The van der Waals surface area contributed by atoms with Gasteiger partial charge < -0.3 is 14.8 Å². The van der Waals surface area contributed by atoms with E-state index >= 15 is 0 Å². The molecule has 1 unspecified atom stereocenters. The van der Waals surface area contributed by atoms with Gasteiger partial charge in [-0.25, -0.2) is 4.79 Å². The van der Waals surface area contributed by atoms with Crippen molar-refractivity contribution in [1.82, 2.24) is 5.32 Å². The van der Waals surface area contributed by atoms with Crippen molar-refractivity contribution in [2.45, 2.75) is 46.7 Å². The first-order valence-corrected chi connectivity index (χ1v) is 6.01. The highest BCUT2D eigenvalue weighted by atomic mass is 16.4. The summed E-state index contributed by atoms with van der Waals surface area (Å²) >= 11 is 0. The van der Waals surface area contributed by atoms with E-state index in [0.717, 1.165) is 12.0 Å². The van der Waals surface area contributed by atoms with Gasteiger partial charge in [0.2, 0.25) is 5.76 Å². The Labute approximate surface area is 102 Å². The summed E-state index contributed by atoms with van der Waals surface area (Å²) in [5.74, 6) is 0.229. The lowest BCUT2D eigenvalue weighted by Crippen LogP contribution is -2.32. The van der Waals surface area contributed by atoms with E-state index in [-0.39, 0.29) is 5.76 Å². The summed E-state index contributed by atoms with van der Waals surface area (Å²) < 4.78 is 5.16. The molecule has 1 atom stereocenters. The molecule has 0 radical (unpaired) electrons. The second-order valence-corrected chi connectivity index (χ2v) is 4.64. The van der Waals surface area contributed by atoms with Crippen molar-refractivity contribution in [3.63, 3.8) is 0 Å². The average Bonchev–Trinajstić information content (AvgIpc) is 2.61. The van der Waals surface area contributed by atoms with Crippen molar-refractivity contribution in [2.75, 3.05) is 0 Å². The average molecular weight is 239 g/mol. The van der Waals surface area contributed by atoms with E-state index in [1.54, 1.807) is 13.0 Å². The largest absolute Gasteiger partial charge is 0.475 e. The molecule has 1 aromatic rings. The van der Waals surface area contributed by atoms with Crippen LogP contribution in [0.1, 0.15) is 49.1 Å². The second-order valence-electron chi connectivity index (χ2n) is 4.64. The number of aromatic carboxylic acids is 1. The number of hydrogen-bond donors (Lipinski definition) is 2. The molecule has 1 aromatic heterocycles. The summed E-state index contributed by atoms with van der Waals surface area (Å²) in [6.45, 7) is 8.93. The van der Waals surface area contributed by atoms with Crippen molar-refractivity contribution in [3.05, 3.63) is 23.2 Å². The quantitative estimate of drug-likeness (QED) is 0.801. The van der Waals surface area contributed by atoms with Gasteiger partial charge in [0.25, 0.3) is 0 Å². The molecule has 0 aliphatic heterocycles. The van der Waals surface area contributed by atoms with E-state index in [0.29, 0.717) is 24.3 Å². The summed E-state index contributed by atoms with van der Waals surface area (Å²) in [4.78, 5) is 10.8. The fraction of sp³-hybridized carbons (Fsp3) is 0.615. The Morgan fingerprint density at radius 2 is 2.18 bits per heavy atom. The van der Waals surface area contributed by atoms with Crippen LogP contribution in [-0.4, -0.2) is 17.1 Å². The molecule has 0 amide bonds. The van der Waals surface area contributed by atoms with E-state index < -0.39 is 5.97 Å². The van der Waals surface area contributed by atoms with Gasteiger partial charge in [-0.05, 0) is 25.3 Å². The first kappa shape index (κ1) is 13.8. The lowest BCUT2D eigenvalue weighted by atomic mass is 10.0. The smallest absolute Gasteiger partial charge is 0.371 e. The Hall–Kier alpha value is -1.29. The van der Waals surface area contributed by atoms with Crippen molar-refractivity contribution in [1.29, 1.82) is 0 Å². The summed E-state index contributed by atoms with van der Waals surface area (Å²) in [6, 6.07) is 2.04. The zero-order valence-electron chi connectivity index (χ0n) is 10.9. The highest BCUT2D eigenvalue weighted by Crippen LogP contribution is 2.15. The maximum absolute atomic E-state index is 10.8. The fourth-order valence-corrected chi connectivity index (χ4v) is 1.89. The molecule has 0 aromatic carbocycles. The number of carboxylic acids is 1. The van der Waals surface area contributed by atoms with Gasteiger partial charge in [0.15, 0.2) is 0 Å². The van der Waals surface area contributed by atoms with Crippen molar-refractivity contribution in [2.24, 2.45) is 5.92 Å². The predicted octanol–water partition coefficient (Wildman–Crippen LogP) is 2.81. The summed E-state index contributed by atoms with van der Waals surface area (Å²) in [5, 5.41) is 12.2. The maximum atomic E-state index is 10.8. The van der Waals surface area contributed by atoms with Crippen molar-refractivity contribution >= 4 is 5.97 Å². The summed E-state index contributed by atoms with van der Waals surface area (Å²) in [5.41, 5.74) is 0.918. The zero-order chi connectivity index (χ0) is 13.0. The van der Waals surface area contributed by atoms with Gasteiger partial charge in [0.05, 0.1) is 0 Å².